The Bertz CT molecular complexity index is 431. The molecule has 19 heavy (non-hydrogen) atoms. The summed E-state index contributed by atoms with van der Waals surface area (Å²) in [6, 6.07) is 0.398. The van der Waals surface area contributed by atoms with Gasteiger partial charge in [0, 0.05) is 45.8 Å². The second kappa shape index (κ2) is 6.22. The molecule has 5 nitrogen and oxygen atoms in total. The zero-order chi connectivity index (χ0) is 14.0. The van der Waals surface area contributed by atoms with Crippen molar-refractivity contribution in [2.75, 3.05) is 33.2 Å². The average molecular weight is 286 g/mol. The van der Waals surface area contributed by atoms with Crippen LogP contribution < -0.4 is 5.73 Å². The molecule has 1 aromatic rings. The second-order valence-electron chi connectivity index (χ2n) is 5.31. The molecule has 108 valence electrons. The Morgan fingerprint density at radius 3 is 2.68 bits per heavy atom. The van der Waals surface area contributed by atoms with Crippen LogP contribution in [0.2, 0.25) is 5.02 Å². The predicted molar refractivity (Wildman–Crippen MR) is 78.3 cm³/mol. The van der Waals surface area contributed by atoms with Gasteiger partial charge < -0.3 is 10.6 Å². The minimum Gasteiger partial charge on any atom is -0.329 e. The van der Waals surface area contributed by atoms with E-state index in [1.807, 2.05) is 11.7 Å². The summed E-state index contributed by atoms with van der Waals surface area (Å²) in [6.45, 7) is 6.72. The summed E-state index contributed by atoms with van der Waals surface area (Å²) in [6.07, 6.45) is 0.871. The standard InChI is InChI=1S/C13H24ClN5/c1-4-11-13(14)12(18(3)16-11)9-19-6-5-17(2)8-10(19)7-15/h10H,4-9,15H2,1-3H3. The number of nitrogens with zero attached hydrogens (tertiary/aromatic N) is 4. The van der Waals surface area contributed by atoms with Crippen molar-refractivity contribution in [1.29, 1.82) is 0 Å². The van der Waals surface area contributed by atoms with Crippen LogP contribution in [0.1, 0.15) is 18.3 Å². The first-order valence-corrected chi connectivity index (χ1v) is 7.27. The van der Waals surface area contributed by atoms with Gasteiger partial charge in [-0.25, -0.2) is 0 Å². The minimum atomic E-state index is 0.398. The van der Waals surface area contributed by atoms with Crippen LogP contribution in [0.25, 0.3) is 0 Å². The Morgan fingerprint density at radius 1 is 1.37 bits per heavy atom. The van der Waals surface area contributed by atoms with Gasteiger partial charge in [-0.2, -0.15) is 5.10 Å². The number of aryl methyl sites for hydroxylation is 2. The summed E-state index contributed by atoms with van der Waals surface area (Å²) in [5.41, 5.74) is 7.98. The Hall–Kier alpha value is -0.620. The van der Waals surface area contributed by atoms with Crippen LogP contribution in [0.3, 0.4) is 0 Å². The van der Waals surface area contributed by atoms with E-state index < -0.39 is 0 Å². The van der Waals surface area contributed by atoms with Crippen molar-refractivity contribution in [3.63, 3.8) is 0 Å². The van der Waals surface area contributed by atoms with Gasteiger partial charge >= 0.3 is 0 Å². The summed E-state index contributed by atoms with van der Waals surface area (Å²) in [5.74, 6) is 0. The molecule has 1 atom stereocenters. The molecule has 6 heteroatoms. The zero-order valence-electron chi connectivity index (χ0n) is 12.1. The molecule has 2 heterocycles. The molecule has 0 saturated carbocycles. The lowest BCUT2D eigenvalue weighted by molar-refractivity contribution is 0.0860. The van der Waals surface area contributed by atoms with Crippen molar-refractivity contribution in [1.82, 2.24) is 19.6 Å². The van der Waals surface area contributed by atoms with E-state index in [1.54, 1.807) is 0 Å². The van der Waals surface area contributed by atoms with Gasteiger partial charge in [0.1, 0.15) is 0 Å². The summed E-state index contributed by atoms with van der Waals surface area (Å²) in [7, 11) is 4.11. The van der Waals surface area contributed by atoms with E-state index in [0.717, 1.165) is 49.0 Å². The molecule has 1 fully saturated rings. The summed E-state index contributed by atoms with van der Waals surface area (Å²) in [5, 5.41) is 5.30. The Balaban J connectivity index is 2.14. The summed E-state index contributed by atoms with van der Waals surface area (Å²) < 4.78 is 1.91. The first kappa shape index (κ1) is 14.8. The summed E-state index contributed by atoms with van der Waals surface area (Å²) >= 11 is 6.42. The number of piperazine rings is 1. The molecule has 1 saturated heterocycles. The van der Waals surface area contributed by atoms with E-state index in [0.29, 0.717) is 12.6 Å². The lowest BCUT2D eigenvalue weighted by atomic mass is 10.1. The van der Waals surface area contributed by atoms with E-state index in [4.69, 9.17) is 17.3 Å². The Kier molecular flexibility index (Phi) is 4.84. The second-order valence-corrected chi connectivity index (χ2v) is 5.68. The van der Waals surface area contributed by atoms with Crippen molar-refractivity contribution in [2.24, 2.45) is 12.8 Å². The normalized spacial score (nSPS) is 22.1. The fourth-order valence-corrected chi connectivity index (χ4v) is 3.02. The molecule has 1 unspecified atom stereocenters. The highest BCUT2D eigenvalue weighted by Gasteiger charge is 2.26. The molecule has 0 aliphatic carbocycles. The maximum atomic E-state index is 6.42. The molecule has 2 N–H and O–H groups in total. The summed E-state index contributed by atoms with van der Waals surface area (Å²) in [4.78, 5) is 4.75. The van der Waals surface area contributed by atoms with Gasteiger partial charge in [0.25, 0.3) is 0 Å². The average Bonchev–Trinajstić information content (AvgIpc) is 2.67. The quantitative estimate of drug-likeness (QED) is 0.885. The van der Waals surface area contributed by atoms with E-state index in [9.17, 15) is 0 Å². The number of aromatic nitrogens is 2. The number of likely N-dealkylation sites (N-methyl/N-ethyl adjacent to an activating group) is 1. The van der Waals surface area contributed by atoms with Gasteiger partial charge in [0.2, 0.25) is 0 Å². The van der Waals surface area contributed by atoms with E-state index in [-0.39, 0.29) is 0 Å². The van der Waals surface area contributed by atoms with Crippen LogP contribution in [0.5, 0.6) is 0 Å². The number of hydrogen-bond donors (Lipinski definition) is 1. The van der Waals surface area contributed by atoms with Crippen molar-refractivity contribution in [3.8, 4) is 0 Å². The van der Waals surface area contributed by atoms with Gasteiger partial charge in [-0.1, -0.05) is 18.5 Å². The fourth-order valence-electron chi connectivity index (χ4n) is 2.66. The van der Waals surface area contributed by atoms with Crippen molar-refractivity contribution >= 4 is 11.6 Å². The lowest BCUT2D eigenvalue weighted by Gasteiger charge is -2.39. The molecule has 0 amide bonds. The van der Waals surface area contributed by atoms with Gasteiger partial charge in [0.15, 0.2) is 0 Å². The SMILES string of the molecule is CCc1nn(C)c(CN2CCN(C)CC2CN)c1Cl. The maximum absolute atomic E-state index is 6.42. The van der Waals surface area contributed by atoms with Crippen LogP contribution in [0.15, 0.2) is 0 Å². The van der Waals surface area contributed by atoms with Crippen molar-refractivity contribution in [2.45, 2.75) is 25.9 Å². The highest BCUT2D eigenvalue weighted by atomic mass is 35.5. The lowest BCUT2D eigenvalue weighted by Crippen LogP contribution is -2.54. The van der Waals surface area contributed by atoms with Crippen molar-refractivity contribution in [3.05, 3.63) is 16.4 Å². The van der Waals surface area contributed by atoms with E-state index in [1.165, 1.54) is 0 Å². The van der Waals surface area contributed by atoms with Gasteiger partial charge in [-0.3, -0.25) is 9.58 Å². The zero-order valence-corrected chi connectivity index (χ0v) is 12.8. The van der Waals surface area contributed by atoms with Crippen LogP contribution in [0, 0.1) is 0 Å². The van der Waals surface area contributed by atoms with E-state index >= 15 is 0 Å². The third-order valence-corrected chi connectivity index (χ3v) is 4.37. The minimum absolute atomic E-state index is 0.398. The van der Waals surface area contributed by atoms with Crippen LogP contribution in [0.4, 0.5) is 0 Å². The molecule has 0 spiro atoms. The van der Waals surface area contributed by atoms with Gasteiger partial charge in [-0.15, -0.1) is 0 Å². The molecular formula is C13H24ClN5. The molecule has 0 radical (unpaired) electrons. The smallest absolute Gasteiger partial charge is 0.0863 e. The van der Waals surface area contributed by atoms with Gasteiger partial charge in [-0.05, 0) is 13.5 Å². The topological polar surface area (TPSA) is 50.3 Å². The Labute approximate surface area is 120 Å². The van der Waals surface area contributed by atoms with Crippen LogP contribution >= 0.6 is 11.6 Å². The third kappa shape index (κ3) is 3.11. The molecule has 1 aliphatic rings. The molecule has 0 aromatic carbocycles. The number of nitrogens with two attached hydrogens (primary N) is 1. The third-order valence-electron chi connectivity index (χ3n) is 3.94. The molecule has 1 aromatic heterocycles. The van der Waals surface area contributed by atoms with Crippen LogP contribution in [-0.4, -0.2) is 58.8 Å². The monoisotopic (exact) mass is 285 g/mol. The first-order valence-electron chi connectivity index (χ1n) is 6.89. The predicted octanol–water partition coefficient (Wildman–Crippen LogP) is 0.711. The molecule has 1 aliphatic heterocycles. The fraction of sp³-hybridized carbons (Fsp3) is 0.769. The number of hydrogen-bond acceptors (Lipinski definition) is 4. The number of rotatable bonds is 4. The maximum Gasteiger partial charge on any atom is 0.0863 e. The largest absolute Gasteiger partial charge is 0.329 e. The van der Waals surface area contributed by atoms with Crippen LogP contribution in [-0.2, 0) is 20.0 Å². The number of halogens is 1. The highest BCUT2D eigenvalue weighted by Crippen LogP contribution is 2.23. The first-order chi connectivity index (χ1) is 9.06. The molecular weight excluding hydrogens is 262 g/mol. The van der Waals surface area contributed by atoms with E-state index in [2.05, 4.69) is 28.9 Å². The van der Waals surface area contributed by atoms with Crippen molar-refractivity contribution < 1.29 is 0 Å². The Morgan fingerprint density at radius 2 is 2.11 bits per heavy atom. The van der Waals surface area contributed by atoms with Gasteiger partial charge in [0.05, 0.1) is 16.4 Å². The highest BCUT2D eigenvalue weighted by molar-refractivity contribution is 6.31. The molecule has 0 bridgehead atoms. The molecule has 2 rings (SSSR count).